The molecule has 11 heavy (non-hydrogen) atoms. The van der Waals surface area contributed by atoms with Crippen molar-refractivity contribution in [3.63, 3.8) is 0 Å². The third kappa shape index (κ3) is 3.56. The van der Waals surface area contributed by atoms with Crippen LogP contribution in [0.3, 0.4) is 0 Å². The van der Waals surface area contributed by atoms with E-state index >= 15 is 0 Å². The highest BCUT2D eigenvalue weighted by Crippen LogP contribution is 2.26. The summed E-state index contributed by atoms with van der Waals surface area (Å²) in [4.78, 5) is 0. The summed E-state index contributed by atoms with van der Waals surface area (Å²) in [5, 5.41) is 3.41. The molecule has 0 aromatic heterocycles. The predicted molar refractivity (Wildman–Crippen MR) is 51.4 cm³/mol. The monoisotopic (exact) mass is 172 g/mol. The van der Waals surface area contributed by atoms with Crippen LogP contribution in [-0.4, -0.2) is 11.7 Å². The lowest BCUT2D eigenvalue weighted by atomic mass is 10.0. The molecule has 64 valence electrons. The SMILES string of the molecule is NC(=S)NCCC1CCCC1. The second kappa shape index (κ2) is 4.54. The molecular formula is C8H16N2S. The smallest absolute Gasteiger partial charge is 0.163 e. The van der Waals surface area contributed by atoms with Crippen molar-refractivity contribution in [3.05, 3.63) is 0 Å². The van der Waals surface area contributed by atoms with Gasteiger partial charge in [0.15, 0.2) is 5.11 Å². The number of rotatable bonds is 3. The third-order valence-corrected chi connectivity index (χ3v) is 2.47. The molecule has 0 aliphatic heterocycles. The average Bonchev–Trinajstić information content (AvgIpc) is 2.39. The molecule has 0 unspecified atom stereocenters. The van der Waals surface area contributed by atoms with Crippen LogP contribution in [0, 0.1) is 5.92 Å². The molecule has 3 N–H and O–H groups in total. The number of nitrogens with two attached hydrogens (primary N) is 1. The van der Waals surface area contributed by atoms with Gasteiger partial charge in [-0.25, -0.2) is 0 Å². The van der Waals surface area contributed by atoms with Gasteiger partial charge in [-0.1, -0.05) is 25.7 Å². The number of hydrogen-bond donors (Lipinski definition) is 2. The molecule has 1 fully saturated rings. The fourth-order valence-electron chi connectivity index (χ4n) is 1.70. The average molecular weight is 172 g/mol. The van der Waals surface area contributed by atoms with Gasteiger partial charge in [0, 0.05) is 6.54 Å². The van der Waals surface area contributed by atoms with Crippen LogP contribution in [0.5, 0.6) is 0 Å². The van der Waals surface area contributed by atoms with Crippen molar-refractivity contribution in [2.75, 3.05) is 6.54 Å². The van der Waals surface area contributed by atoms with Crippen LogP contribution in [-0.2, 0) is 0 Å². The van der Waals surface area contributed by atoms with Crippen molar-refractivity contribution in [1.82, 2.24) is 5.32 Å². The summed E-state index contributed by atoms with van der Waals surface area (Å²) >= 11 is 4.70. The first kappa shape index (κ1) is 8.78. The van der Waals surface area contributed by atoms with E-state index in [4.69, 9.17) is 18.0 Å². The Morgan fingerprint density at radius 2 is 2.09 bits per heavy atom. The maximum atomic E-state index is 5.30. The lowest BCUT2D eigenvalue weighted by molar-refractivity contribution is 0.500. The first-order valence-corrected chi connectivity index (χ1v) is 4.73. The highest BCUT2D eigenvalue weighted by molar-refractivity contribution is 7.80. The van der Waals surface area contributed by atoms with Gasteiger partial charge in [-0.3, -0.25) is 0 Å². The lowest BCUT2D eigenvalue weighted by Gasteiger charge is -2.08. The fraction of sp³-hybridized carbons (Fsp3) is 0.875. The Hall–Kier alpha value is -0.310. The van der Waals surface area contributed by atoms with Crippen LogP contribution in [0.15, 0.2) is 0 Å². The molecule has 0 aromatic rings. The maximum absolute atomic E-state index is 5.30. The van der Waals surface area contributed by atoms with Crippen molar-refractivity contribution >= 4 is 17.3 Å². The molecular weight excluding hydrogens is 156 g/mol. The van der Waals surface area contributed by atoms with Crippen LogP contribution >= 0.6 is 12.2 Å². The van der Waals surface area contributed by atoms with E-state index in [1.54, 1.807) is 0 Å². The number of hydrogen-bond acceptors (Lipinski definition) is 1. The lowest BCUT2D eigenvalue weighted by Crippen LogP contribution is -2.30. The first-order valence-electron chi connectivity index (χ1n) is 4.32. The third-order valence-electron chi connectivity index (χ3n) is 2.33. The molecule has 1 rings (SSSR count). The molecule has 1 saturated carbocycles. The Balaban J connectivity index is 1.98. The number of thiocarbonyl (C=S) groups is 1. The predicted octanol–water partition coefficient (Wildman–Crippen LogP) is 1.40. The van der Waals surface area contributed by atoms with Gasteiger partial charge in [-0.05, 0) is 24.6 Å². The van der Waals surface area contributed by atoms with Gasteiger partial charge in [-0.15, -0.1) is 0 Å². The van der Waals surface area contributed by atoms with Crippen molar-refractivity contribution in [1.29, 1.82) is 0 Å². The van der Waals surface area contributed by atoms with E-state index < -0.39 is 0 Å². The molecule has 2 nitrogen and oxygen atoms in total. The molecule has 0 radical (unpaired) electrons. The second-order valence-corrected chi connectivity index (χ2v) is 3.67. The van der Waals surface area contributed by atoms with E-state index in [9.17, 15) is 0 Å². The van der Waals surface area contributed by atoms with Crippen LogP contribution < -0.4 is 11.1 Å². The summed E-state index contributed by atoms with van der Waals surface area (Å²) in [6.45, 7) is 0.958. The van der Waals surface area contributed by atoms with Crippen molar-refractivity contribution in [3.8, 4) is 0 Å². The fourth-order valence-corrected chi connectivity index (χ4v) is 1.80. The van der Waals surface area contributed by atoms with Gasteiger partial charge in [0.1, 0.15) is 0 Å². The van der Waals surface area contributed by atoms with Gasteiger partial charge >= 0.3 is 0 Å². The Morgan fingerprint density at radius 3 is 2.64 bits per heavy atom. The summed E-state index contributed by atoms with van der Waals surface area (Å²) in [6, 6.07) is 0. The molecule has 0 heterocycles. The zero-order valence-electron chi connectivity index (χ0n) is 6.81. The summed E-state index contributed by atoms with van der Waals surface area (Å²) in [5.74, 6) is 0.928. The van der Waals surface area contributed by atoms with E-state index in [2.05, 4.69) is 5.32 Å². The van der Waals surface area contributed by atoms with Crippen LogP contribution in [0.1, 0.15) is 32.1 Å². The molecule has 0 amide bonds. The van der Waals surface area contributed by atoms with Crippen molar-refractivity contribution in [2.45, 2.75) is 32.1 Å². The zero-order chi connectivity index (χ0) is 8.10. The standard InChI is InChI=1S/C8H16N2S/c9-8(11)10-6-5-7-3-1-2-4-7/h7H,1-6H2,(H3,9,10,11). The minimum Gasteiger partial charge on any atom is -0.376 e. The largest absolute Gasteiger partial charge is 0.376 e. The van der Waals surface area contributed by atoms with E-state index in [0.717, 1.165) is 12.5 Å². The normalized spacial score (nSPS) is 18.5. The zero-order valence-corrected chi connectivity index (χ0v) is 7.62. The Labute approximate surface area is 73.5 Å². The number of nitrogens with one attached hydrogen (secondary N) is 1. The highest BCUT2D eigenvalue weighted by atomic mass is 32.1. The van der Waals surface area contributed by atoms with E-state index in [1.807, 2.05) is 0 Å². The minimum absolute atomic E-state index is 0.433. The van der Waals surface area contributed by atoms with Gasteiger partial charge in [-0.2, -0.15) is 0 Å². The van der Waals surface area contributed by atoms with Crippen molar-refractivity contribution in [2.24, 2.45) is 11.7 Å². The Bertz CT molecular complexity index is 130. The topological polar surface area (TPSA) is 38.0 Å². The summed E-state index contributed by atoms with van der Waals surface area (Å²) in [7, 11) is 0. The molecule has 0 spiro atoms. The van der Waals surface area contributed by atoms with Crippen LogP contribution in [0.25, 0.3) is 0 Å². The molecule has 0 bridgehead atoms. The molecule has 0 saturated heterocycles. The molecule has 1 aliphatic rings. The van der Waals surface area contributed by atoms with Gasteiger partial charge in [0.05, 0.1) is 0 Å². The molecule has 0 atom stereocenters. The highest BCUT2D eigenvalue weighted by Gasteiger charge is 2.13. The van der Waals surface area contributed by atoms with Crippen LogP contribution in [0.4, 0.5) is 0 Å². The van der Waals surface area contributed by atoms with E-state index in [0.29, 0.717) is 5.11 Å². The Morgan fingerprint density at radius 1 is 1.45 bits per heavy atom. The van der Waals surface area contributed by atoms with Crippen LogP contribution in [0.2, 0.25) is 0 Å². The second-order valence-electron chi connectivity index (χ2n) is 3.23. The Kier molecular flexibility index (Phi) is 3.63. The molecule has 0 aromatic carbocycles. The van der Waals surface area contributed by atoms with E-state index in [1.165, 1.54) is 32.1 Å². The molecule has 3 heteroatoms. The first-order chi connectivity index (χ1) is 5.29. The van der Waals surface area contributed by atoms with Gasteiger partial charge in [0.25, 0.3) is 0 Å². The van der Waals surface area contributed by atoms with Crippen molar-refractivity contribution < 1.29 is 0 Å². The summed E-state index contributed by atoms with van der Waals surface area (Å²) < 4.78 is 0. The molecule has 1 aliphatic carbocycles. The van der Waals surface area contributed by atoms with Gasteiger partial charge in [0.2, 0.25) is 0 Å². The summed E-state index contributed by atoms with van der Waals surface area (Å²) in [5.41, 5.74) is 5.30. The quantitative estimate of drug-likeness (QED) is 0.632. The minimum atomic E-state index is 0.433. The van der Waals surface area contributed by atoms with Gasteiger partial charge < -0.3 is 11.1 Å². The maximum Gasteiger partial charge on any atom is 0.163 e. The van der Waals surface area contributed by atoms with E-state index in [-0.39, 0.29) is 0 Å². The summed E-state index contributed by atoms with van der Waals surface area (Å²) in [6.07, 6.45) is 6.87.